The SMILES string of the molecule is CC[C@H]1C[C@H](C)[C@H](C)[C@@H](C)C1C.CCc1c[nH]c2ccccc12.CCc1cn([C@@H]2C[C@H](CC)C(C)[C@H](C)[C@H]2C)c2ccccc12.CCc1cn([C@@H]2O[C@H](CO)C(O)[C@H](O)[C@H]2O)c2ccccc12.I. The number of aromatic amines is 1. The van der Waals surface area contributed by atoms with E-state index < -0.39 is 37.3 Å². The molecule has 6 aromatic rings. The average Bonchev–Trinajstić information content (AvgIpc) is 4.07. The van der Waals surface area contributed by atoms with Crippen molar-refractivity contribution < 1.29 is 25.2 Å². The highest BCUT2D eigenvalue weighted by atomic mass is 127. The van der Waals surface area contributed by atoms with Gasteiger partial charge in [0.1, 0.15) is 24.4 Å². The number of nitrogens with one attached hydrogen (secondary N) is 1. The van der Waals surface area contributed by atoms with Crippen LogP contribution in [0.15, 0.2) is 91.4 Å². The normalized spacial score (nSPS) is 31.4. The third-order valence-corrected chi connectivity index (χ3v) is 17.5. The van der Waals surface area contributed by atoms with Crippen LogP contribution in [-0.4, -0.2) is 65.6 Å². The summed E-state index contributed by atoms with van der Waals surface area (Å²) in [6.45, 7) is 27.9. The van der Waals surface area contributed by atoms with Crippen molar-refractivity contribution in [2.45, 2.75) is 165 Å². The highest BCUT2D eigenvalue weighted by molar-refractivity contribution is 14.0. The van der Waals surface area contributed by atoms with E-state index in [4.69, 9.17) is 4.74 Å². The van der Waals surface area contributed by atoms with Crippen LogP contribution < -0.4 is 0 Å². The van der Waals surface area contributed by atoms with Crippen LogP contribution in [0, 0.1) is 53.3 Å². The minimum Gasteiger partial charge on any atom is -0.394 e. The highest BCUT2D eigenvalue weighted by Crippen LogP contribution is 2.47. The summed E-state index contributed by atoms with van der Waals surface area (Å²) in [6.07, 6.45) is 9.20. The van der Waals surface area contributed by atoms with Crippen LogP contribution >= 0.6 is 24.0 Å². The molecular formula is C59H88IN3O5. The number of halogens is 1. The Labute approximate surface area is 426 Å². The monoisotopic (exact) mass is 1050 g/mol. The minimum atomic E-state index is -1.37. The van der Waals surface area contributed by atoms with Gasteiger partial charge in [-0.25, -0.2) is 0 Å². The van der Waals surface area contributed by atoms with Crippen LogP contribution in [0.2, 0.25) is 0 Å². The molecule has 9 rings (SSSR count). The Hall–Kier alpha value is -3.19. The van der Waals surface area contributed by atoms with Crippen molar-refractivity contribution in [3.8, 4) is 0 Å². The molecule has 2 aliphatic carbocycles. The molecule has 1 aliphatic heterocycles. The van der Waals surface area contributed by atoms with Crippen LogP contribution in [-0.2, 0) is 24.0 Å². The van der Waals surface area contributed by atoms with Gasteiger partial charge in [-0.1, -0.05) is 151 Å². The van der Waals surface area contributed by atoms with Gasteiger partial charge in [0.15, 0.2) is 6.23 Å². The first-order valence-electron chi connectivity index (χ1n) is 26.2. The van der Waals surface area contributed by atoms with E-state index in [1.165, 1.54) is 58.6 Å². The third-order valence-electron chi connectivity index (χ3n) is 17.5. The van der Waals surface area contributed by atoms with E-state index in [0.29, 0.717) is 6.04 Å². The topological polar surface area (TPSA) is 116 Å². The number of aryl methyl sites for hydroxylation is 3. The van der Waals surface area contributed by atoms with Crippen molar-refractivity contribution in [1.82, 2.24) is 14.1 Å². The molecule has 3 fully saturated rings. The first-order valence-corrected chi connectivity index (χ1v) is 26.2. The molecule has 1 saturated heterocycles. The highest BCUT2D eigenvalue weighted by Gasteiger charge is 2.45. The molecule has 2 saturated carbocycles. The molecule has 0 spiro atoms. The van der Waals surface area contributed by atoms with Gasteiger partial charge in [-0.15, -0.1) is 24.0 Å². The molecule has 15 atom stereocenters. The zero-order chi connectivity index (χ0) is 48.7. The predicted molar refractivity (Wildman–Crippen MR) is 295 cm³/mol. The lowest BCUT2D eigenvalue weighted by molar-refractivity contribution is -0.250. The summed E-state index contributed by atoms with van der Waals surface area (Å²) < 4.78 is 10.0. The first kappa shape index (κ1) is 55.7. The van der Waals surface area contributed by atoms with Crippen molar-refractivity contribution in [3.05, 3.63) is 108 Å². The number of benzene rings is 3. The van der Waals surface area contributed by atoms with E-state index in [9.17, 15) is 20.4 Å². The molecule has 5 N–H and O–H groups in total. The average molecular weight is 1050 g/mol. The Morgan fingerprint density at radius 1 is 0.544 bits per heavy atom. The van der Waals surface area contributed by atoms with E-state index in [-0.39, 0.29) is 24.0 Å². The number of aliphatic hydroxyl groups excluding tert-OH is 4. The molecule has 0 radical (unpaired) electrons. The Bertz CT molecular complexity index is 2320. The summed E-state index contributed by atoms with van der Waals surface area (Å²) in [5.41, 5.74) is 7.57. The standard InChI is InChI=1S/C21H31N.C16H21NO5.C12H24.C10H11N.HI/c1-6-17-12-21(16(5)14(3)15(17)4)22-13-18(7-2)19-10-8-9-11-20(19)22;1-2-9-7-17(11-6-4-3-5-10(9)11)16-15(21)14(20)13(19)12(8-18)22-16;1-6-12-7-8(2)9(3)10(4)11(12)5;1-2-8-7-11-10-6-4-3-5-9(8)10;/h8-11,13-17,21H,6-7,12H2,1-5H3;3-7,12-16,18-21H,2,8H2,1H3;8-12H,6-7H2,1-5H3;3-7,11H,2H2,1H3;1H/t14-,15?,16+,17-,21+;12-,13?,14+,15-,16-;8-,9-,10+,11?,12-;;/m010../s1. The van der Waals surface area contributed by atoms with Gasteiger partial charge in [0.2, 0.25) is 0 Å². The number of ether oxygens (including phenoxy) is 1. The number of fused-ring (bicyclic) bond motifs is 3. The van der Waals surface area contributed by atoms with Crippen LogP contribution in [0.4, 0.5) is 0 Å². The zero-order valence-electron chi connectivity index (χ0n) is 43.5. The fourth-order valence-corrected chi connectivity index (χ4v) is 12.1. The molecule has 3 aromatic carbocycles. The largest absolute Gasteiger partial charge is 0.394 e. The van der Waals surface area contributed by atoms with Gasteiger partial charge in [-0.3, -0.25) is 0 Å². The molecule has 3 aromatic heterocycles. The molecule has 376 valence electrons. The van der Waals surface area contributed by atoms with Crippen LogP contribution in [0.5, 0.6) is 0 Å². The van der Waals surface area contributed by atoms with Gasteiger partial charge in [0.05, 0.1) is 12.1 Å². The minimum absolute atomic E-state index is 0. The molecule has 0 amide bonds. The summed E-state index contributed by atoms with van der Waals surface area (Å²) in [4.78, 5) is 3.24. The van der Waals surface area contributed by atoms with Crippen molar-refractivity contribution in [1.29, 1.82) is 0 Å². The molecular weight excluding hydrogens is 958 g/mol. The van der Waals surface area contributed by atoms with Crippen molar-refractivity contribution >= 4 is 56.7 Å². The number of para-hydroxylation sites is 3. The van der Waals surface area contributed by atoms with Gasteiger partial charge >= 0.3 is 0 Å². The second-order valence-electron chi connectivity index (χ2n) is 20.8. The molecule has 8 nitrogen and oxygen atoms in total. The van der Waals surface area contributed by atoms with Gasteiger partial charge in [0, 0.05) is 51.8 Å². The van der Waals surface area contributed by atoms with Crippen molar-refractivity contribution in [2.75, 3.05) is 6.61 Å². The quantitative estimate of drug-likeness (QED) is 0.0974. The summed E-state index contributed by atoms with van der Waals surface area (Å²) in [5, 5.41) is 43.3. The Morgan fingerprint density at radius 2 is 1.03 bits per heavy atom. The third kappa shape index (κ3) is 11.8. The number of hydrogen-bond donors (Lipinski definition) is 5. The van der Waals surface area contributed by atoms with Gasteiger partial charge in [-0.2, -0.15) is 0 Å². The molecule has 68 heavy (non-hydrogen) atoms. The zero-order valence-corrected chi connectivity index (χ0v) is 45.8. The second kappa shape index (κ2) is 25.3. The predicted octanol–water partition coefficient (Wildman–Crippen LogP) is 13.6. The Kier molecular flexibility index (Phi) is 20.7. The first-order chi connectivity index (χ1) is 32.1. The number of hydrogen-bond acceptors (Lipinski definition) is 5. The molecule has 4 heterocycles. The summed E-state index contributed by atoms with van der Waals surface area (Å²) in [7, 11) is 0. The van der Waals surface area contributed by atoms with E-state index in [0.717, 1.165) is 89.0 Å². The number of aliphatic hydroxyl groups is 4. The second-order valence-corrected chi connectivity index (χ2v) is 20.8. The number of rotatable bonds is 8. The molecule has 3 aliphatic rings. The summed E-state index contributed by atoms with van der Waals surface area (Å²) in [6, 6.07) is 25.8. The number of aromatic nitrogens is 3. The summed E-state index contributed by atoms with van der Waals surface area (Å²) >= 11 is 0. The van der Waals surface area contributed by atoms with Crippen LogP contribution in [0.3, 0.4) is 0 Å². The molecule has 3 unspecified atom stereocenters. The summed E-state index contributed by atoms with van der Waals surface area (Å²) in [5.74, 6) is 8.01. The fourth-order valence-electron chi connectivity index (χ4n) is 12.1. The van der Waals surface area contributed by atoms with Gasteiger partial charge in [-0.05, 0) is 120 Å². The lowest BCUT2D eigenvalue weighted by atomic mass is 9.63. The maximum absolute atomic E-state index is 10.3. The van der Waals surface area contributed by atoms with Crippen molar-refractivity contribution in [2.24, 2.45) is 53.3 Å². The number of nitrogens with zero attached hydrogens (tertiary/aromatic N) is 2. The van der Waals surface area contributed by atoms with Gasteiger partial charge < -0.3 is 39.3 Å². The van der Waals surface area contributed by atoms with Crippen LogP contribution in [0.1, 0.15) is 138 Å². The lowest BCUT2D eigenvalue weighted by Crippen LogP contribution is -2.56. The lowest BCUT2D eigenvalue weighted by Gasteiger charge is -2.44. The smallest absolute Gasteiger partial charge is 0.163 e. The molecule has 0 bridgehead atoms. The Balaban J connectivity index is 0.000000176. The molecule has 9 heteroatoms. The van der Waals surface area contributed by atoms with E-state index >= 15 is 0 Å². The number of H-pyrrole nitrogens is 1. The van der Waals surface area contributed by atoms with Crippen molar-refractivity contribution in [3.63, 3.8) is 0 Å². The maximum atomic E-state index is 10.3. The van der Waals surface area contributed by atoms with Crippen LogP contribution in [0.25, 0.3) is 32.7 Å². The maximum Gasteiger partial charge on any atom is 0.163 e. The van der Waals surface area contributed by atoms with E-state index in [1.54, 1.807) is 4.57 Å². The van der Waals surface area contributed by atoms with Gasteiger partial charge in [0.25, 0.3) is 0 Å². The van der Waals surface area contributed by atoms with E-state index in [1.807, 2.05) is 37.4 Å². The fraction of sp³-hybridized carbons (Fsp3) is 0.593. The van der Waals surface area contributed by atoms with E-state index in [2.05, 4.69) is 147 Å². The Morgan fingerprint density at radius 3 is 1.57 bits per heavy atom.